The van der Waals surface area contributed by atoms with Crippen molar-refractivity contribution in [3.05, 3.63) is 93.5 Å². The Morgan fingerprint density at radius 1 is 0.517 bits per heavy atom. The van der Waals surface area contributed by atoms with E-state index in [1.165, 1.54) is 0 Å². The molecule has 0 aliphatic heterocycles. The Labute approximate surface area is 168 Å². The molecular formula is C23H24O6. The summed E-state index contributed by atoms with van der Waals surface area (Å²) < 4.78 is 0. The molecule has 0 amide bonds. The average molecular weight is 396 g/mol. The normalized spacial score (nSPS) is 11.2. The minimum atomic E-state index is -0.395. The van der Waals surface area contributed by atoms with E-state index in [0.29, 0.717) is 11.1 Å². The molecule has 0 aliphatic carbocycles. The molecule has 6 heteroatoms. The van der Waals surface area contributed by atoms with Gasteiger partial charge in [0.15, 0.2) is 0 Å². The topological polar surface area (TPSA) is 121 Å². The van der Waals surface area contributed by atoms with Crippen LogP contribution in [0.15, 0.2) is 54.6 Å². The Balaban J connectivity index is 2.29. The van der Waals surface area contributed by atoms with E-state index >= 15 is 0 Å². The molecular weight excluding hydrogens is 372 g/mol. The van der Waals surface area contributed by atoms with E-state index in [1.54, 1.807) is 24.3 Å². The SMILES string of the molecule is OCc1cc(C(c2ccccc2)c2cc(CO)c(O)c(CO)c2)cc(CO)c1O. The van der Waals surface area contributed by atoms with Gasteiger partial charge in [-0.2, -0.15) is 0 Å². The second-order valence-corrected chi connectivity index (χ2v) is 6.85. The number of aliphatic hydroxyl groups excluding tert-OH is 4. The maximum atomic E-state index is 10.2. The Kier molecular flexibility index (Phi) is 6.51. The Bertz CT molecular complexity index is 872. The lowest BCUT2D eigenvalue weighted by molar-refractivity contribution is 0.263. The van der Waals surface area contributed by atoms with Crippen molar-refractivity contribution < 1.29 is 30.6 Å². The first-order valence-electron chi connectivity index (χ1n) is 9.21. The van der Waals surface area contributed by atoms with E-state index < -0.39 is 26.4 Å². The average Bonchev–Trinajstić information content (AvgIpc) is 2.76. The van der Waals surface area contributed by atoms with Crippen molar-refractivity contribution in [2.24, 2.45) is 0 Å². The van der Waals surface area contributed by atoms with E-state index in [0.717, 1.165) is 5.56 Å². The van der Waals surface area contributed by atoms with Crippen molar-refractivity contribution in [3.8, 4) is 11.5 Å². The Morgan fingerprint density at radius 3 is 1.17 bits per heavy atom. The zero-order valence-electron chi connectivity index (χ0n) is 15.8. The van der Waals surface area contributed by atoms with Crippen molar-refractivity contribution in [3.63, 3.8) is 0 Å². The van der Waals surface area contributed by atoms with Crippen molar-refractivity contribution in [1.82, 2.24) is 0 Å². The molecule has 0 fully saturated rings. The van der Waals surface area contributed by atoms with Crippen LogP contribution in [0.4, 0.5) is 0 Å². The number of hydrogen-bond acceptors (Lipinski definition) is 6. The van der Waals surface area contributed by atoms with Gasteiger partial charge in [-0.15, -0.1) is 0 Å². The van der Waals surface area contributed by atoms with E-state index in [4.69, 9.17) is 0 Å². The number of hydrogen-bond donors (Lipinski definition) is 6. The lowest BCUT2D eigenvalue weighted by atomic mass is 9.82. The third-order valence-electron chi connectivity index (χ3n) is 5.06. The first-order chi connectivity index (χ1) is 14.0. The molecule has 3 aromatic carbocycles. The van der Waals surface area contributed by atoms with Gasteiger partial charge in [0, 0.05) is 28.2 Å². The minimum absolute atomic E-state index is 0.150. The quantitative estimate of drug-likeness (QED) is 0.341. The lowest BCUT2D eigenvalue weighted by Crippen LogP contribution is -2.08. The summed E-state index contributed by atoms with van der Waals surface area (Å²) >= 11 is 0. The summed E-state index contributed by atoms with van der Waals surface area (Å²) in [6.45, 7) is -1.58. The van der Waals surface area contributed by atoms with Gasteiger partial charge >= 0.3 is 0 Å². The molecule has 6 nitrogen and oxygen atoms in total. The fraction of sp³-hybridized carbons (Fsp3) is 0.217. The van der Waals surface area contributed by atoms with Gasteiger partial charge in [-0.25, -0.2) is 0 Å². The summed E-state index contributed by atoms with van der Waals surface area (Å²) in [7, 11) is 0. The summed E-state index contributed by atoms with van der Waals surface area (Å²) in [5, 5.41) is 59.0. The summed E-state index contributed by atoms with van der Waals surface area (Å²) in [4.78, 5) is 0. The molecule has 0 spiro atoms. The van der Waals surface area contributed by atoms with Crippen LogP contribution in [0.25, 0.3) is 0 Å². The first kappa shape index (κ1) is 20.8. The summed E-state index contributed by atoms with van der Waals surface area (Å²) in [6.07, 6.45) is 0. The minimum Gasteiger partial charge on any atom is -0.507 e. The lowest BCUT2D eigenvalue weighted by Gasteiger charge is -2.23. The summed E-state index contributed by atoms with van der Waals surface area (Å²) in [5.41, 5.74) is 3.46. The zero-order valence-corrected chi connectivity index (χ0v) is 15.8. The molecule has 3 rings (SSSR count). The third-order valence-corrected chi connectivity index (χ3v) is 5.06. The molecule has 0 radical (unpaired) electrons. The van der Waals surface area contributed by atoms with Crippen LogP contribution in [0.3, 0.4) is 0 Å². The van der Waals surface area contributed by atoms with Crippen molar-refractivity contribution in [1.29, 1.82) is 0 Å². The number of phenols is 2. The standard InChI is InChI=1S/C23H24O6/c24-10-17-6-15(7-18(11-25)22(17)28)21(14-4-2-1-3-5-14)16-8-19(12-26)23(29)20(9-16)13-27/h1-9,21,24-29H,10-13H2. The monoisotopic (exact) mass is 396 g/mol. The Hall–Kier alpha value is -2.90. The van der Waals surface area contributed by atoms with Crippen LogP contribution in [-0.2, 0) is 26.4 Å². The number of aliphatic hydroxyl groups is 4. The maximum absolute atomic E-state index is 10.2. The van der Waals surface area contributed by atoms with Gasteiger partial charge in [-0.05, 0) is 41.0 Å². The van der Waals surface area contributed by atoms with Gasteiger partial charge in [0.1, 0.15) is 11.5 Å². The molecule has 152 valence electrons. The molecule has 0 aromatic heterocycles. The van der Waals surface area contributed by atoms with Crippen LogP contribution in [0.2, 0.25) is 0 Å². The summed E-state index contributed by atoms with van der Waals surface area (Å²) in [6, 6.07) is 16.1. The number of aromatic hydroxyl groups is 2. The van der Waals surface area contributed by atoms with Gasteiger partial charge in [0.2, 0.25) is 0 Å². The van der Waals surface area contributed by atoms with Gasteiger partial charge < -0.3 is 30.6 Å². The van der Waals surface area contributed by atoms with Gasteiger partial charge in [0.05, 0.1) is 26.4 Å². The molecule has 3 aromatic rings. The molecule has 29 heavy (non-hydrogen) atoms. The van der Waals surface area contributed by atoms with Crippen molar-refractivity contribution in [2.75, 3.05) is 0 Å². The molecule has 0 atom stereocenters. The van der Waals surface area contributed by atoms with Crippen LogP contribution in [0.5, 0.6) is 11.5 Å². The fourth-order valence-electron chi connectivity index (χ4n) is 3.61. The maximum Gasteiger partial charge on any atom is 0.126 e. The van der Waals surface area contributed by atoms with Gasteiger partial charge in [0.25, 0.3) is 0 Å². The molecule has 0 saturated carbocycles. The molecule has 0 aliphatic rings. The highest BCUT2D eigenvalue weighted by atomic mass is 16.3. The predicted octanol–water partition coefficient (Wildman–Crippen LogP) is 2.25. The van der Waals surface area contributed by atoms with Crippen molar-refractivity contribution >= 4 is 0 Å². The van der Waals surface area contributed by atoms with Gasteiger partial charge in [-0.1, -0.05) is 30.3 Å². The summed E-state index contributed by atoms with van der Waals surface area (Å²) in [5.74, 6) is -0.685. The fourth-order valence-corrected chi connectivity index (χ4v) is 3.61. The second kappa shape index (κ2) is 9.07. The molecule has 6 N–H and O–H groups in total. The van der Waals surface area contributed by atoms with Crippen molar-refractivity contribution in [2.45, 2.75) is 32.3 Å². The van der Waals surface area contributed by atoms with Gasteiger partial charge in [-0.3, -0.25) is 0 Å². The third kappa shape index (κ3) is 4.11. The van der Waals surface area contributed by atoms with E-state index in [9.17, 15) is 30.6 Å². The predicted molar refractivity (Wildman–Crippen MR) is 107 cm³/mol. The molecule has 0 saturated heterocycles. The van der Waals surface area contributed by atoms with E-state index in [2.05, 4.69) is 0 Å². The number of rotatable bonds is 7. The zero-order chi connectivity index (χ0) is 21.0. The highest BCUT2D eigenvalue weighted by Gasteiger charge is 2.22. The second-order valence-electron chi connectivity index (χ2n) is 6.85. The van der Waals surface area contributed by atoms with Crippen LogP contribution in [-0.4, -0.2) is 30.6 Å². The van der Waals surface area contributed by atoms with E-state index in [-0.39, 0.29) is 39.7 Å². The largest absolute Gasteiger partial charge is 0.507 e. The molecule has 0 unspecified atom stereocenters. The van der Waals surface area contributed by atoms with Crippen LogP contribution >= 0.6 is 0 Å². The first-order valence-corrected chi connectivity index (χ1v) is 9.21. The highest BCUT2D eigenvalue weighted by Crippen LogP contribution is 2.38. The highest BCUT2D eigenvalue weighted by molar-refractivity contribution is 5.53. The number of benzene rings is 3. The van der Waals surface area contributed by atoms with Crippen LogP contribution in [0.1, 0.15) is 44.9 Å². The van der Waals surface area contributed by atoms with E-state index in [1.807, 2.05) is 30.3 Å². The smallest absolute Gasteiger partial charge is 0.126 e. The van der Waals surface area contributed by atoms with Crippen LogP contribution < -0.4 is 0 Å². The molecule has 0 heterocycles. The van der Waals surface area contributed by atoms with Crippen LogP contribution in [0, 0.1) is 0 Å². The molecule has 0 bridgehead atoms. The Morgan fingerprint density at radius 2 is 0.862 bits per heavy atom.